The first-order valence-electron chi connectivity index (χ1n) is 6.56. The Morgan fingerprint density at radius 3 is 2.76 bits per heavy atom. The molecule has 0 saturated carbocycles. The lowest BCUT2D eigenvalue weighted by molar-refractivity contribution is -0.384. The van der Waals surface area contributed by atoms with E-state index in [0.717, 1.165) is 18.9 Å². The van der Waals surface area contributed by atoms with Gasteiger partial charge in [-0.3, -0.25) is 10.1 Å². The molecule has 0 spiro atoms. The third kappa shape index (κ3) is 3.49. The molecule has 0 aliphatic carbocycles. The number of nitro benzene ring substituents is 1. The van der Waals surface area contributed by atoms with E-state index in [1.807, 2.05) is 11.9 Å². The highest BCUT2D eigenvalue weighted by molar-refractivity contribution is 7.89. The molecule has 1 atom stereocenters. The van der Waals surface area contributed by atoms with Crippen molar-refractivity contribution in [1.29, 1.82) is 0 Å². The molecule has 9 heteroatoms. The summed E-state index contributed by atoms with van der Waals surface area (Å²) in [6.45, 7) is 1.35. The summed E-state index contributed by atoms with van der Waals surface area (Å²) in [5.41, 5.74) is 0.186. The van der Waals surface area contributed by atoms with Crippen molar-refractivity contribution >= 4 is 21.4 Å². The van der Waals surface area contributed by atoms with Crippen molar-refractivity contribution < 1.29 is 13.3 Å². The smallest absolute Gasteiger partial charge is 0.293 e. The molecule has 1 aliphatic rings. The molecule has 1 unspecified atom stereocenters. The van der Waals surface area contributed by atoms with Crippen LogP contribution in [0.15, 0.2) is 23.1 Å². The number of nitrogens with two attached hydrogens (primary N) is 1. The minimum absolute atomic E-state index is 0.238. The molecule has 0 bridgehead atoms. The lowest BCUT2D eigenvalue weighted by Crippen LogP contribution is -2.44. The second-order valence-electron chi connectivity index (χ2n) is 5.03. The van der Waals surface area contributed by atoms with E-state index in [-0.39, 0.29) is 16.6 Å². The zero-order valence-electron chi connectivity index (χ0n) is 11.7. The lowest BCUT2D eigenvalue weighted by atomic mass is 10.0. The summed E-state index contributed by atoms with van der Waals surface area (Å²) in [4.78, 5) is 12.3. The molecule has 8 nitrogen and oxygen atoms in total. The van der Waals surface area contributed by atoms with Gasteiger partial charge in [0.1, 0.15) is 5.69 Å². The fourth-order valence-corrected chi connectivity index (χ4v) is 3.06. The van der Waals surface area contributed by atoms with Crippen LogP contribution in [0.1, 0.15) is 12.8 Å². The van der Waals surface area contributed by atoms with Crippen molar-refractivity contribution in [1.82, 2.24) is 5.32 Å². The van der Waals surface area contributed by atoms with Gasteiger partial charge in [-0.2, -0.15) is 0 Å². The van der Waals surface area contributed by atoms with Crippen molar-refractivity contribution in [2.45, 2.75) is 23.8 Å². The first-order valence-corrected chi connectivity index (χ1v) is 8.11. The van der Waals surface area contributed by atoms with Crippen LogP contribution >= 0.6 is 0 Å². The number of nitrogens with zero attached hydrogens (tertiary/aromatic N) is 2. The summed E-state index contributed by atoms with van der Waals surface area (Å²) in [5, 5.41) is 19.4. The van der Waals surface area contributed by atoms with E-state index >= 15 is 0 Å². The Kier molecular flexibility index (Phi) is 4.45. The summed E-state index contributed by atoms with van der Waals surface area (Å²) in [6.07, 6.45) is 1.93. The van der Waals surface area contributed by atoms with Crippen LogP contribution in [0.3, 0.4) is 0 Å². The second-order valence-corrected chi connectivity index (χ2v) is 6.59. The molecule has 1 aromatic carbocycles. The first kappa shape index (κ1) is 15.7. The van der Waals surface area contributed by atoms with Gasteiger partial charge in [0.05, 0.1) is 9.82 Å². The highest BCUT2D eigenvalue weighted by Gasteiger charge is 2.26. The van der Waals surface area contributed by atoms with Gasteiger partial charge in [0, 0.05) is 25.2 Å². The van der Waals surface area contributed by atoms with Gasteiger partial charge < -0.3 is 10.2 Å². The Morgan fingerprint density at radius 2 is 2.19 bits per heavy atom. The van der Waals surface area contributed by atoms with Gasteiger partial charge in [0.15, 0.2) is 0 Å². The Labute approximate surface area is 123 Å². The van der Waals surface area contributed by atoms with E-state index < -0.39 is 14.9 Å². The molecule has 0 radical (unpaired) electrons. The predicted octanol–water partition coefficient (Wildman–Crippen LogP) is 0.430. The van der Waals surface area contributed by atoms with Gasteiger partial charge in [-0.1, -0.05) is 0 Å². The Morgan fingerprint density at radius 1 is 1.48 bits per heavy atom. The van der Waals surface area contributed by atoms with Crippen LogP contribution in [0.5, 0.6) is 0 Å². The number of anilines is 1. The third-order valence-electron chi connectivity index (χ3n) is 3.64. The van der Waals surface area contributed by atoms with Gasteiger partial charge in [0.2, 0.25) is 10.0 Å². The quantitative estimate of drug-likeness (QED) is 0.614. The number of sulfonamides is 1. The molecule has 1 heterocycles. The number of benzene rings is 1. The van der Waals surface area contributed by atoms with Gasteiger partial charge in [-0.05, 0) is 32.0 Å². The normalized spacial score (nSPS) is 19.5. The van der Waals surface area contributed by atoms with Crippen LogP contribution in [-0.2, 0) is 10.0 Å². The number of rotatable bonds is 4. The summed E-state index contributed by atoms with van der Waals surface area (Å²) < 4.78 is 22.7. The maximum absolute atomic E-state index is 11.3. The monoisotopic (exact) mass is 314 g/mol. The number of hydrogen-bond donors (Lipinski definition) is 2. The number of primary sulfonamides is 1. The van der Waals surface area contributed by atoms with E-state index in [1.54, 1.807) is 0 Å². The van der Waals surface area contributed by atoms with Crippen LogP contribution in [0.2, 0.25) is 0 Å². The predicted molar refractivity (Wildman–Crippen MR) is 78.8 cm³/mol. The topological polar surface area (TPSA) is 119 Å². The van der Waals surface area contributed by atoms with Gasteiger partial charge in [-0.25, -0.2) is 13.6 Å². The molecular formula is C12H18N4O4S. The maximum Gasteiger partial charge on any atom is 0.293 e. The van der Waals surface area contributed by atoms with Gasteiger partial charge in [0.25, 0.3) is 5.69 Å². The van der Waals surface area contributed by atoms with E-state index in [2.05, 4.69) is 5.32 Å². The van der Waals surface area contributed by atoms with Crippen LogP contribution in [-0.4, -0.2) is 39.5 Å². The molecule has 21 heavy (non-hydrogen) atoms. The molecule has 2 rings (SSSR count). The molecule has 1 aliphatic heterocycles. The summed E-state index contributed by atoms with van der Waals surface area (Å²) in [5.74, 6) is 0. The molecule has 1 saturated heterocycles. The summed E-state index contributed by atoms with van der Waals surface area (Å²) in [7, 11) is -2.10. The van der Waals surface area contributed by atoms with E-state index in [1.165, 1.54) is 12.1 Å². The fourth-order valence-electron chi connectivity index (χ4n) is 2.53. The largest absolute Gasteiger partial charge is 0.364 e. The average molecular weight is 314 g/mol. The number of hydrogen-bond acceptors (Lipinski definition) is 6. The SMILES string of the molecule is CNC1CCCN(c2ccc(S(N)(=O)=O)cc2[N+](=O)[O-])C1. The van der Waals surface area contributed by atoms with Crippen molar-refractivity contribution in [3.63, 3.8) is 0 Å². The van der Waals surface area contributed by atoms with Crippen LogP contribution in [0.25, 0.3) is 0 Å². The molecule has 1 aromatic rings. The Bertz CT molecular complexity index is 647. The van der Waals surface area contributed by atoms with E-state index in [0.29, 0.717) is 18.8 Å². The molecule has 3 N–H and O–H groups in total. The molecular weight excluding hydrogens is 296 g/mol. The van der Waals surface area contributed by atoms with Crippen molar-refractivity contribution in [3.8, 4) is 0 Å². The lowest BCUT2D eigenvalue weighted by Gasteiger charge is -2.33. The summed E-state index contributed by atoms with van der Waals surface area (Å²) >= 11 is 0. The van der Waals surface area contributed by atoms with Gasteiger partial charge >= 0.3 is 0 Å². The van der Waals surface area contributed by atoms with Crippen molar-refractivity contribution in [2.75, 3.05) is 25.0 Å². The maximum atomic E-state index is 11.3. The minimum atomic E-state index is -3.96. The van der Waals surface area contributed by atoms with E-state index in [9.17, 15) is 18.5 Å². The molecule has 0 amide bonds. The highest BCUT2D eigenvalue weighted by atomic mass is 32.2. The number of nitrogens with one attached hydrogen (secondary N) is 1. The zero-order chi connectivity index (χ0) is 15.6. The number of nitro groups is 1. The second kappa shape index (κ2) is 5.96. The van der Waals surface area contributed by atoms with Gasteiger partial charge in [-0.15, -0.1) is 0 Å². The number of likely N-dealkylation sites (N-methyl/N-ethyl adjacent to an activating group) is 1. The average Bonchev–Trinajstić information content (AvgIpc) is 2.45. The molecule has 0 aromatic heterocycles. The van der Waals surface area contributed by atoms with E-state index in [4.69, 9.17) is 5.14 Å². The van der Waals surface area contributed by atoms with Crippen LogP contribution < -0.4 is 15.4 Å². The zero-order valence-corrected chi connectivity index (χ0v) is 12.5. The molecule has 1 fully saturated rings. The van der Waals surface area contributed by atoms with Crippen LogP contribution in [0, 0.1) is 10.1 Å². The van der Waals surface area contributed by atoms with Crippen molar-refractivity contribution in [3.05, 3.63) is 28.3 Å². The Balaban J connectivity index is 2.41. The van der Waals surface area contributed by atoms with Crippen LogP contribution in [0.4, 0.5) is 11.4 Å². The third-order valence-corrected chi connectivity index (χ3v) is 4.55. The number of piperidine rings is 1. The first-order chi connectivity index (χ1) is 9.82. The fraction of sp³-hybridized carbons (Fsp3) is 0.500. The highest BCUT2D eigenvalue weighted by Crippen LogP contribution is 2.32. The van der Waals surface area contributed by atoms with Crippen molar-refractivity contribution in [2.24, 2.45) is 5.14 Å². The molecule has 116 valence electrons. The summed E-state index contributed by atoms with van der Waals surface area (Å²) in [6, 6.07) is 4.04. The standard InChI is InChI=1S/C12H18N4O4S/c1-14-9-3-2-6-15(8-9)11-5-4-10(21(13,19)20)7-12(11)16(17)18/h4-5,7,9,14H,2-3,6,8H2,1H3,(H2,13,19,20). The Hall–Kier alpha value is -1.71. The minimum Gasteiger partial charge on any atom is -0.364 e.